The van der Waals surface area contributed by atoms with Crippen molar-refractivity contribution in [2.24, 2.45) is 5.10 Å². The number of nitrogens with one attached hydrogen (secondary N) is 2. The first-order valence-corrected chi connectivity index (χ1v) is 8.09. The van der Waals surface area contributed by atoms with Crippen molar-refractivity contribution in [1.82, 2.24) is 5.43 Å². The molecule has 0 radical (unpaired) electrons. The molecule has 0 saturated carbocycles. The molecule has 2 aromatic carbocycles. The highest BCUT2D eigenvalue weighted by atomic mass is 16.5. The monoisotopic (exact) mass is 369 g/mol. The second-order valence-electron chi connectivity index (χ2n) is 5.22. The third-order valence-corrected chi connectivity index (χ3v) is 3.34. The standard InChI is InChI=1S/C19H19N3O5/c1-3-27-16-10-4-13(5-11-16)12-20-22-18(24)17(23)21-15-8-6-14(7-9-15)19(25)26-2/h4-12H,3H2,1-2H3,(H,21,23)(H,22,24)/b20-12-. The van der Waals surface area contributed by atoms with Gasteiger partial charge in [0.15, 0.2) is 0 Å². The van der Waals surface area contributed by atoms with Gasteiger partial charge in [-0.05, 0) is 61.0 Å². The minimum absolute atomic E-state index is 0.333. The number of carbonyl (C=O) groups excluding carboxylic acids is 3. The maximum absolute atomic E-state index is 11.8. The lowest BCUT2D eigenvalue weighted by Gasteiger charge is -2.05. The summed E-state index contributed by atoms with van der Waals surface area (Å²) >= 11 is 0. The predicted octanol–water partition coefficient (Wildman–Crippen LogP) is 1.96. The Kier molecular flexibility index (Phi) is 7.07. The van der Waals surface area contributed by atoms with Crippen LogP contribution in [-0.2, 0) is 14.3 Å². The van der Waals surface area contributed by atoms with E-state index in [0.29, 0.717) is 17.9 Å². The second-order valence-corrected chi connectivity index (χ2v) is 5.22. The maximum atomic E-state index is 11.8. The highest BCUT2D eigenvalue weighted by Crippen LogP contribution is 2.11. The van der Waals surface area contributed by atoms with Crippen LogP contribution >= 0.6 is 0 Å². The molecule has 2 rings (SSSR count). The second kappa shape index (κ2) is 9.71. The summed E-state index contributed by atoms with van der Waals surface area (Å²) in [5.41, 5.74) is 3.57. The average Bonchev–Trinajstić information content (AvgIpc) is 2.69. The molecule has 0 unspecified atom stereocenters. The number of amides is 2. The lowest BCUT2D eigenvalue weighted by molar-refractivity contribution is -0.136. The molecule has 2 amide bonds. The molecule has 0 fully saturated rings. The quantitative estimate of drug-likeness (QED) is 0.350. The van der Waals surface area contributed by atoms with Gasteiger partial charge in [0, 0.05) is 5.69 Å². The van der Waals surface area contributed by atoms with Crippen molar-refractivity contribution in [2.45, 2.75) is 6.92 Å². The van der Waals surface area contributed by atoms with Crippen LogP contribution in [0.4, 0.5) is 5.69 Å². The zero-order valence-corrected chi connectivity index (χ0v) is 14.9. The summed E-state index contributed by atoms with van der Waals surface area (Å²) in [5.74, 6) is -1.57. The fraction of sp³-hybridized carbons (Fsp3) is 0.158. The first kappa shape index (κ1) is 19.6. The lowest BCUT2D eigenvalue weighted by atomic mass is 10.2. The molecule has 8 nitrogen and oxygen atoms in total. The van der Waals surface area contributed by atoms with E-state index in [9.17, 15) is 14.4 Å². The van der Waals surface area contributed by atoms with Crippen molar-refractivity contribution < 1.29 is 23.9 Å². The number of hydrogen-bond acceptors (Lipinski definition) is 6. The largest absolute Gasteiger partial charge is 0.494 e. The van der Waals surface area contributed by atoms with Gasteiger partial charge in [-0.3, -0.25) is 9.59 Å². The van der Waals surface area contributed by atoms with Crippen LogP contribution in [0.25, 0.3) is 0 Å². The van der Waals surface area contributed by atoms with Crippen molar-refractivity contribution in [2.75, 3.05) is 19.0 Å². The maximum Gasteiger partial charge on any atom is 0.337 e. The Morgan fingerprint density at radius 3 is 2.26 bits per heavy atom. The van der Waals surface area contributed by atoms with Gasteiger partial charge in [-0.2, -0.15) is 5.10 Å². The van der Waals surface area contributed by atoms with Gasteiger partial charge in [-0.1, -0.05) is 0 Å². The Balaban J connectivity index is 1.86. The van der Waals surface area contributed by atoms with Crippen molar-refractivity contribution in [3.05, 3.63) is 59.7 Å². The molecule has 0 spiro atoms. The summed E-state index contributed by atoms with van der Waals surface area (Å²) in [7, 11) is 1.27. The molecule has 8 heteroatoms. The van der Waals surface area contributed by atoms with Crippen molar-refractivity contribution in [1.29, 1.82) is 0 Å². The van der Waals surface area contributed by atoms with Crippen LogP contribution in [0.2, 0.25) is 0 Å². The van der Waals surface area contributed by atoms with Gasteiger partial charge in [0.25, 0.3) is 0 Å². The summed E-state index contributed by atoms with van der Waals surface area (Å²) in [6.07, 6.45) is 1.41. The highest BCUT2D eigenvalue weighted by Gasteiger charge is 2.13. The zero-order valence-electron chi connectivity index (χ0n) is 14.9. The van der Waals surface area contributed by atoms with Gasteiger partial charge >= 0.3 is 17.8 Å². The molecule has 140 valence electrons. The SMILES string of the molecule is CCOc1ccc(/C=N\NC(=O)C(=O)Nc2ccc(C(=O)OC)cc2)cc1. The normalized spacial score (nSPS) is 10.3. The number of benzene rings is 2. The van der Waals surface area contributed by atoms with Crippen molar-refractivity contribution >= 4 is 29.7 Å². The van der Waals surface area contributed by atoms with E-state index in [4.69, 9.17) is 4.74 Å². The van der Waals surface area contributed by atoms with Crippen LogP contribution in [0.1, 0.15) is 22.8 Å². The molecule has 27 heavy (non-hydrogen) atoms. The first-order chi connectivity index (χ1) is 13.0. The highest BCUT2D eigenvalue weighted by molar-refractivity contribution is 6.39. The molecule has 0 heterocycles. The van der Waals surface area contributed by atoms with Crippen molar-refractivity contribution in [3.8, 4) is 5.75 Å². The molecule has 2 aromatic rings. The fourth-order valence-corrected chi connectivity index (χ4v) is 2.03. The van der Waals surface area contributed by atoms with E-state index in [-0.39, 0.29) is 0 Å². The van der Waals surface area contributed by atoms with Gasteiger partial charge in [0.1, 0.15) is 5.75 Å². The lowest BCUT2D eigenvalue weighted by Crippen LogP contribution is -2.32. The minimum atomic E-state index is -0.922. The van der Waals surface area contributed by atoms with E-state index in [1.54, 1.807) is 24.3 Å². The molecule has 0 aliphatic carbocycles. The summed E-state index contributed by atoms with van der Waals surface area (Å²) in [4.78, 5) is 35.0. The Hall–Kier alpha value is -3.68. The van der Waals surface area contributed by atoms with Gasteiger partial charge in [-0.25, -0.2) is 10.2 Å². The molecule has 0 aliphatic rings. The van der Waals surface area contributed by atoms with Gasteiger partial charge in [-0.15, -0.1) is 0 Å². The minimum Gasteiger partial charge on any atom is -0.494 e. The number of methoxy groups -OCH3 is 1. The average molecular weight is 369 g/mol. The van der Waals surface area contributed by atoms with Gasteiger partial charge in [0.05, 0.1) is 25.5 Å². The number of hydrogen-bond donors (Lipinski definition) is 2. The zero-order chi connectivity index (χ0) is 19.6. The summed E-state index contributed by atoms with van der Waals surface area (Å²) in [6.45, 7) is 2.47. The van der Waals surface area contributed by atoms with E-state index in [2.05, 4.69) is 20.6 Å². The van der Waals surface area contributed by atoms with E-state index >= 15 is 0 Å². The Morgan fingerprint density at radius 2 is 1.67 bits per heavy atom. The third kappa shape index (κ3) is 5.96. The number of rotatable bonds is 6. The summed E-state index contributed by atoms with van der Waals surface area (Å²) < 4.78 is 9.91. The van der Waals surface area contributed by atoms with Crippen LogP contribution < -0.4 is 15.5 Å². The molecule has 0 saturated heterocycles. The Labute approximate surface area is 156 Å². The third-order valence-electron chi connectivity index (χ3n) is 3.34. The van der Waals surface area contributed by atoms with Crippen LogP contribution in [0.15, 0.2) is 53.6 Å². The van der Waals surface area contributed by atoms with Gasteiger partial charge < -0.3 is 14.8 Å². The molecule has 0 aliphatic heterocycles. The smallest absolute Gasteiger partial charge is 0.337 e. The van der Waals surface area contributed by atoms with E-state index in [1.807, 2.05) is 6.92 Å². The van der Waals surface area contributed by atoms with Gasteiger partial charge in [0.2, 0.25) is 0 Å². The molecule has 2 N–H and O–H groups in total. The molecule has 0 aromatic heterocycles. The summed E-state index contributed by atoms with van der Waals surface area (Å²) in [6, 6.07) is 13.0. The Bertz CT molecular complexity index is 829. The van der Waals surface area contributed by atoms with Crippen LogP contribution in [0.3, 0.4) is 0 Å². The van der Waals surface area contributed by atoms with E-state index in [1.165, 1.54) is 37.6 Å². The number of ether oxygens (including phenoxy) is 2. The first-order valence-electron chi connectivity index (χ1n) is 8.09. The summed E-state index contributed by atoms with van der Waals surface area (Å²) in [5, 5.41) is 6.14. The number of carbonyl (C=O) groups is 3. The number of nitrogens with zero attached hydrogens (tertiary/aromatic N) is 1. The van der Waals surface area contributed by atoms with Crippen LogP contribution in [0.5, 0.6) is 5.75 Å². The van der Waals surface area contributed by atoms with E-state index < -0.39 is 17.8 Å². The van der Waals surface area contributed by atoms with Crippen molar-refractivity contribution in [3.63, 3.8) is 0 Å². The topological polar surface area (TPSA) is 106 Å². The molecule has 0 bridgehead atoms. The Morgan fingerprint density at radius 1 is 1.00 bits per heavy atom. The van der Waals surface area contributed by atoms with Crippen LogP contribution in [-0.4, -0.2) is 37.7 Å². The number of anilines is 1. The van der Waals surface area contributed by atoms with Crippen LogP contribution in [0, 0.1) is 0 Å². The molecule has 0 atom stereocenters. The molecular weight excluding hydrogens is 350 g/mol. The number of hydrazone groups is 1. The predicted molar refractivity (Wildman–Crippen MR) is 99.8 cm³/mol. The fourth-order valence-electron chi connectivity index (χ4n) is 2.03. The number of esters is 1. The van der Waals surface area contributed by atoms with E-state index in [0.717, 1.165) is 11.3 Å². The molecular formula is C19H19N3O5.